The molecule has 1 aliphatic carbocycles. The second-order valence-corrected chi connectivity index (χ2v) is 11.8. The highest BCUT2D eigenvalue weighted by molar-refractivity contribution is 7.36. The summed E-state index contributed by atoms with van der Waals surface area (Å²) in [6, 6.07) is 7.49. The Labute approximate surface area is 242 Å². The number of carbonyl (C=O) groups excluding carboxylic acids is 1. The topological polar surface area (TPSA) is 176 Å². The van der Waals surface area contributed by atoms with Crippen molar-refractivity contribution in [2.75, 3.05) is 24.8 Å². The van der Waals surface area contributed by atoms with Gasteiger partial charge in [0.25, 0.3) is 8.18 Å². The molecule has 0 bridgehead atoms. The van der Waals surface area contributed by atoms with E-state index < -0.39 is 50.9 Å². The Hall–Kier alpha value is -3.36. The summed E-state index contributed by atoms with van der Waals surface area (Å²) in [5.74, 6) is 0.00907. The third-order valence-electron chi connectivity index (χ3n) is 7.50. The number of carbonyl (C=O) groups is 1. The average Bonchev–Trinajstić information content (AvgIpc) is 3.69. The number of alkyl halides is 1. The van der Waals surface area contributed by atoms with Gasteiger partial charge >= 0.3 is 5.97 Å². The summed E-state index contributed by atoms with van der Waals surface area (Å²) in [5.41, 5.74) is 4.28. The fourth-order valence-electron chi connectivity index (χ4n) is 5.17. The molecule has 14 nitrogen and oxygen atoms in total. The molecule has 2 unspecified atom stereocenters. The number of nitrogens with one attached hydrogen (secondary N) is 1. The minimum Gasteiger partial charge on any atom is -0.468 e. The maximum atomic E-state index is 16.1. The molecule has 228 valence electrons. The fourth-order valence-corrected chi connectivity index (χ4v) is 6.21. The summed E-state index contributed by atoms with van der Waals surface area (Å²) in [6.07, 6.45) is 1.27. The number of fused-ring (bicyclic) bond motifs is 1. The van der Waals surface area contributed by atoms with E-state index in [1.807, 2.05) is 0 Å². The lowest BCUT2D eigenvalue weighted by Crippen LogP contribution is -2.41. The average molecular weight is 608 g/mol. The minimum atomic E-state index is -3.27. The zero-order valence-corrected chi connectivity index (χ0v) is 24.5. The summed E-state index contributed by atoms with van der Waals surface area (Å²) < 4.78 is 46.8. The number of ether oxygens (including phenoxy) is 2. The van der Waals surface area contributed by atoms with Crippen LogP contribution in [0.5, 0.6) is 5.75 Å². The van der Waals surface area contributed by atoms with Crippen LogP contribution in [0.15, 0.2) is 36.7 Å². The predicted octanol–water partition coefficient (Wildman–Crippen LogP) is 3.01. The van der Waals surface area contributed by atoms with Crippen molar-refractivity contribution in [2.24, 2.45) is 0 Å². The number of nitrogen functional groups attached to an aromatic ring is 1. The van der Waals surface area contributed by atoms with Gasteiger partial charge in [0.2, 0.25) is 5.95 Å². The Morgan fingerprint density at radius 3 is 2.74 bits per heavy atom. The van der Waals surface area contributed by atoms with Crippen LogP contribution in [0.3, 0.4) is 0 Å². The molecule has 42 heavy (non-hydrogen) atoms. The second kappa shape index (κ2) is 12.5. The van der Waals surface area contributed by atoms with Crippen molar-refractivity contribution in [2.45, 2.75) is 75.7 Å². The molecule has 1 saturated carbocycles. The molecule has 2 aliphatic rings. The zero-order valence-electron chi connectivity index (χ0n) is 23.5. The van der Waals surface area contributed by atoms with Gasteiger partial charge in [0.05, 0.1) is 20.0 Å². The van der Waals surface area contributed by atoms with Crippen molar-refractivity contribution in [3.63, 3.8) is 0 Å². The molecule has 16 heteroatoms. The first-order chi connectivity index (χ1) is 20.1. The highest BCUT2D eigenvalue weighted by atomic mass is 31.1. The SMILES string of the molecule is COC(=O)C(C)N(Oc1ccccc1)[PH](=O)OC[C@H]1O[C@@H](n2cnc3c(NC4CCCC4)nc(N)nc32)[C@](C)(F)[C@@H]1O. The van der Waals surface area contributed by atoms with E-state index in [9.17, 15) is 14.5 Å². The lowest BCUT2D eigenvalue weighted by atomic mass is 9.98. The van der Waals surface area contributed by atoms with Gasteiger partial charge in [-0.3, -0.25) is 13.9 Å². The van der Waals surface area contributed by atoms with Crippen LogP contribution in [0.1, 0.15) is 45.8 Å². The van der Waals surface area contributed by atoms with Gasteiger partial charge in [-0.15, -0.1) is 0 Å². The molecule has 1 aromatic carbocycles. The summed E-state index contributed by atoms with van der Waals surface area (Å²) in [5, 5.41) is 14.2. The number of benzene rings is 1. The van der Waals surface area contributed by atoms with E-state index >= 15 is 4.39 Å². The van der Waals surface area contributed by atoms with Gasteiger partial charge in [-0.05, 0) is 38.8 Å². The quantitative estimate of drug-likeness (QED) is 0.165. The van der Waals surface area contributed by atoms with E-state index in [1.165, 1.54) is 31.9 Å². The van der Waals surface area contributed by atoms with Crippen molar-refractivity contribution >= 4 is 37.1 Å². The number of imidazole rings is 1. The van der Waals surface area contributed by atoms with E-state index in [0.29, 0.717) is 17.1 Å². The molecule has 0 amide bonds. The van der Waals surface area contributed by atoms with Gasteiger partial charge in [0.15, 0.2) is 28.9 Å². The normalized spacial score (nSPS) is 26.0. The number of anilines is 2. The maximum absolute atomic E-state index is 16.1. The van der Waals surface area contributed by atoms with Gasteiger partial charge < -0.3 is 35.0 Å². The van der Waals surface area contributed by atoms with E-state index in [4.69, 9.17) is 24.6 Å². The third-order valence-corrected chi connectivity index (χ3v) is 8.75. The molecule has 6 atom stereocenters. The molecule has 3 aromatic rings. The number of rotatable bonds is 11. The van der Waals surface area contributed by atoms with Crippen molar-refractivity contribution in [3.05, 3.63) is 36.7 Å². The molecule has 1 saturated heterocycles. The Morgan fingerprint density at radius 1 is 1.33 bits per heavy atom. The fraction of sp³-hybridized carbons (Fsp3) is 0.538. The first-order valence-electron chi connectivity index (χ1n) is 13.7. The third kappa shape index (κ3) is 6.06. The molecule has 4 N–H and O–H groups in total. The van der Waals surface area contributed by atoms with Crippen LogP contribution >= 0.6 is 8.18 Å². The lowest BCUT2D eigenvalue weighted by molar-refractivity contribution is -0.152. The summed E-state index contributed by atoms with van der Waals surface area (Å²) in [7, 11) is -2.08. The smallest absolute Gasteiger partial charge is 0.326 e. The number of halogens is 1. The summed E-state index contributed by atoms with van der Waals surface area (Å²) >= 11 is 0. The van der Waals surface area contributed by atoms with Gasteiger partial charge in [0.1, 0.15) is 24.0 Å². The molecular formula is C26H35FN7O7P. The molecule has 0 radical (unpaired) electrons. The number of aliphatic hydroxyl groups excluding tert-OH is 1. The summed E-state index contributed by atoms with van der Waals surface area (Å²) in [4.78, 5) is 31.7. The second-order valence-electron chi connectivity index (χ2n) is 10.5. The number of para-hydroxylation sites is 1. The van der Waals surface area contributed by atoms with Crippen LogP contribution < -0.4 is 15.9 Å². The van der Waals surface area contributed by atoms with Crippen molar-refractivity contribution in [3.8, 4) is 5.75 Å². The number of hydrogen-bond donors (Lipinski definition) is 3. The Morgan fingerprint density at radius 2 is 2.05 bits per heavy atom. The number of methoxy groups -OCH3 is 1. The molecule has 2 aromatic heterocycles. The molecule has 2 fully saturated rings. The minimum absolute atomic E-state index is 0.0273. The zero-order chi connectivity index (χ0) is 30.0. The number of hydrogen-bond acceptors (Lipinski definition) is 12. The van der Waals surface area contributed by atoms with Crippen molar-refractivity contribution < 1.29 is 37.7 Å². The Balaban J connectivity index is 1.33. The molecule has 5 rings (SSSR count). The van der Waals surface area contributed by atoms with Crippen LogP contribution in [0.4, 0.5) is 16.2 Å². The summed E-state index contributed by atoms with van der Waals surface area (Å²) in [6.45, 7) is 2.14. The van der Waals surface area contributed by atoms with E-state index in [0.717, 1.165) is 30.5 Å². The van der Waals surface area contributed by atoms with Crippen LogP contribution in [-0.2, 0) is 23.4 Å². The first kappa shape index (κ1) is 30.1. The van der Waals surface area contributed by atoms with Gasteiger partial charge in [-0.25, -0.2) is 9.37 Å². The maximum Gasteiger partial charge on any atom is 0.326 e. The first-order valence-corrected chi connectivity index (χ1v) is 14.9. The van der Waals surface area contributed by atoms with Crippen molar-refractivity contribution in [1.82, 2.24) is 24.4 Å². The van der Waals surface area contributed by atoms with Gasteiger partial charge in [0, 0.05) is 6.04 Å². The van der Waals surface area contributed by atoms with Crippen molar-refractivity contribution in [1.29, 1.82) is 0 Å². The number of aliphatic hydroxyl groups is 1. The van der Waals surface area contributed by atoms with Crippen LogP contribution in [0.25, 0.3) is 11.2 Å². The predicted molar refractivity (Wildman–Crippen MR) is 150 cm³/mol. The van der Waals surface area contributed by atoms with Gasteiger partial charge in [-0.2, -0.15) is 9.97 Å². The molecule has 0 spiro atoms. The number of aromatic nitrogens is 4. The van der Waals surface area contributed by atoms with Crippen LogP contribution in [0, 0.1) is 0 Å². The molecule has 3 heterocycles. The standard InChI is InChI=1S/C26H35FN7O7P/c1-15(23(36)38-3)34(41-17-11-5-4-6-12-17)42(37)39-13-18-20(35)26(2,27)24(40-18)33-14-29-19-21(30-16-9-7-8-10-16)31-25(28)32-22(19)33/h4-6,11-12,14-16,18,20,24,35,42H,7-10,13H2,1-3H3,(H3,28,30,31,32)/t15?,18-,20-,24-,26-/m1/s1. The van der Waals surface area contributed by atoms with E-state index in [1.54, 1.807) is 30.3 Å². The Kier molecular flexibility index (Phi) is 8.94. The number of hydroxylamine groups is 1. The molecular weight excluding hydrogens is 572 g/mol. The number of nitrogens with two attached hydrogens (primary N) is 1. The van der Waals surface area contributed by atoms with Crippen LogP contribution in [0.2, 0.25) is 0 Å². The Bertz CT molecular complexity index is 1420. The van der Waals surface area contributed by atoms with E-state index in [2.05, 4.69) is 20.3 Å². The lowest BCUT2D eigenvalue weighted by Gasteiger charge is -2.26. The highest BCUT2D eigenvalue weighted by Crippen LogP contribution is 2.44. The van der Waals surface area contributed by atoms with E-state index in [-0.39, 0.29) is 17.6 Å². The largest absolute Gasteiger partial charge is 0.468 e. The molecule has 1 aliphatic heterocycles. The highest BCUT2D eigenvalue weighted by Gasteiger charge is 2.55. The van der Waals surface area contributed by atoms with Gasteiger partial charge in [-0.1, -0.05) is 35.9 Å². The van der Waals surface area contributed by atoms with Crippen LogP contribution in [-0.4, -0.2) is 79.1 Å². The monoisotopic (exact) mass is 607 g/mol. The number of nitrogens with zero attached hydrogens (tertiary/aromatic N) is 5. The number of esters is 1.